The van der Waals surface area contributed by atoms with E-state index in [9.17, 15) is 35.9 Å². The second kappa shape index (κ2) is 12.0. The Hall–Kier alpha value is -3.84. The normalized spacial score (nSPS) is 17.1. The van der Waals surface area contributed by atoms with Gasteiger partial charge in [0.2, 0.25) is 0 Å². The lowest BCUT2D eigenvalue weighted by Crippen LogP contribution is -2.48. The van der Waals surface area contributed by atoms with Gasteiger partial charge in [0, 0.05) is 24.2 Å². The molecule has 2 aromatic rings. The molecule has 1 heterocycles. The molecular weight excluding hydrogens is 562 g/mol. The molecule has 41 heavy (non-hydrogen) atoms. The maximum absolute atomic E-state index is 13.5. The Morgan fingerprint density at radius 1 is 0.927 bits per heavy atom. The number of ether oxygens (including phenoxy) is 4. The molecule has 0 spiro atoms. The highest BCUT2D eigenvalue weighted by Crippen LogP contribution is 2.47. The molecule has 2 atom stereocenters. The summed E-state index contributed by atoms with van der Waals surface area (Å²) in [7, 11) is 3.77. The number of alkyl halides is 6. The largest absolute Gasteiger partial charge is 0.493 e. The van der Waals surface area contributed by atoms with Crippen LogP contribution >= 0.6 is 0 Å². The molecule has 8 nitrogen and oxygen atoms in total. The second-order valence-electron chi connectivity index (χ2n) is 9.68. The van der Waals surface area contributed by atoms with Gasteiger partial charge in [0.1, 0.15) is 0 Å². The number of amides is 2. The molecule has 1 aliphatic heterocycles. The van der Waals surface area contributed by atoms with Crippen molar-refractivity contribution in [2.75, 3.05) is 26.2 Å². The molecule has 1 aliphatic rings. The van der Waals surface area contributed by atoms with Crippen molar-refractivity contribution in [3.63, 3.8) is 0 Å². The van der Waals surface area contributed by atoms with Crippen molar-refractivity contribution in [1.82, 2.24) is 4.90 Å². The third kappa shape index (κ3) is 6.91. The summed E-state index contributed by atoms with van der Waals surface area (Å²) >= 11 is 0. The van der Waals surface area contributed by atoms with Crippen LogP contribution in [0.4, 0.5) is 41.6 Å². The minimum absolute atomic E-state index is 0.0132. The van der Waals surface area contributed by atoms with Crippen LogP contribution in [0.1, 0.15) is 55.5 Å². The maximum atomic E-state index is 13.5. The van der Waals surface area contributed by atoms with Crippen LogP contribution in [0.5, 0.6) is 11.5 Å². The summed E-state index contributed by atoms with van der Waals surface area (Å²) in [6, 6.07) is 2.51. The van der Waals surface area contributed by atoms with E-state index in [1.54, 1.807) is 20.8 Å². The lowest BCUT2D eigenvalue weighted by atomic mass is 9.90. The van der Waals surface area contributed by atoms with Crippen molar-refractivity contribution in [3.8, 4) is 11.5 Å². The fraction of sp³-hybridized carbons (Fsp3) is 0.481. The molecule has 0 saturated carbocycles. The highest BCUT2D eigenvalue weighted by molar-refractivity contribution is 5.91. The monoisotopic (exact) mass is 592 g/mol. The predicted octanol–water partition coefficient (Wildman–Crippen LogP) is 7.19. The Labute approximate surface area is 232 Å². The van der Waals surface area contributed by atoms with Crippen LogP contribution in [-0.2, 0) is 28.4 Å². The van der Waals surface area contributed by atoms with E-state index in [4.69, 9.17) is 18.9 Å². The van der Waals surface area contributed by atoms with Crippen LogP contribution in [0.3, 0.4) is 0 Å². The van der Waals surface area contributed by atoms with Crippen LogP contribution in [0, 0.1) is 0 Å². The Kier molecular flexibility index (Phi) is 9.24. The molecule has 0 bridgehead atoms. The van der Waals surface area contributed by atoms with E-state index in [1.165, 1.54) is 31.3 Å². The summed E-state index contributed by atoms with van der Waals surface area (Å²) in [5, 5.41) is 0. The van der Waals surface area contributed by atoms with Crippen molar-refractivity contribution in [1.29, 1.82) is 0 Å². The quantitative estimate of drug-likeness (QED) is 0.331. The number of hydrogen-bond acceptors (Lipinski definition) is 6. The Bertz CT molecular complexity index is 1250. The number of hydrogen-bond donors (Lipinski definition) is 0. The topological polar surface area (TPSA) is 77.5 Å². The first-order valence-electron chi connectivity index (χ1n) is 12.4. The van der Waals surface area contributed by atoms with Gasteiger partial charge >= 0.3 is 24.5 Å². The zero-order valence-corrected chi connectivity index (χ0v) is 23.1. The van der Waals surface area contributed by atoms with Gasteiger partial charge in [-0.1, -0.05) is 0 Å². The van der Waals surface area contributed by atoms with E-state index >= 15 is 0 Å². The Morgan fingerprint density at radius 2 is 1.46 bits per heavy atom. The zero-order chi connectivity index (χ0) is 30.9. The number of anilines is 1. The van der Waals surface area contributed by atoms with Crippen molar-refractivity contribution in [2.24, 2.45) is 0 Å². The number of rotatable bonds is 6. The van der Waals surface area contributed by atoms with Crippen LogP contribution in [0.25, 0.3) is 0 Å². The Morgan fingerprint density at radius 3 is 1.93 bits per heavy atom. The van der Waals surface area contributed by atoms with Gasteiger partial charge in [0.15, 0.2) is 11.5 Å². The van der Waals surface area contributed by atoms with E-state index in [2.05, 4.69) is 0 Å². The van der Waals surface area contributed by atoms with Crippen molar-refractivity contribution >= 4 is 17.9 Å². The molecular formula is C27H30F6N2O6. The first kappa shape index (κ1) is 31.7. The van der Waals surface area contributed by atoms with Gasteiger partial charge in [-0.15, -0.1) is 0 Å². The number of halogens is 6. The van der Waals surface area contributed by atoms with Gasteiger partial charge in [-0.05, 0) is 57.0 Å². The highest BCUT2D eigenvalue weighted by atomic mass is 19.4. The molecule has 2 amide bonds. The summed E-state index contributed by atoms with van der Waals surface area (Å²) in [4.78, 5) is 28.5. The molecule has 0 aliphatic carbocycles. The molecule has 0 unspecified atom stereocenters. The fourth-order valence-corrected chi connectivity index (χ4v) is 4.71. The molecule has 226 valence electrons. The summed E-state index contributed by atoms with van der Waals surface area (Å²) in [6.07, 6.45) is -12.3. The smallest absolute Gasteiger partial charge is 0.416 e. The number of carbonyl (C=O) groups excluding carboxylic acids is 2. The van der Waals surface area contributed by atoms with Crippen LogP contribution in [0.2, 0.25) is 0 Å². The number of methoxy groups -OCH3 is 3. The maximum Gasteiger partial charge on any atom is 0.416 e. The van der Waals surface area contributed by atoms with E-state index in [0.29, 0.717) is 17.7 Å². The van der Waals surface area contributed by atoms with Gasteiger partial charge in [-0.2, -0.15) is 26.3 Å². The van der Waals surface area contributed by atoms with Crippen LogP contribution in [0.15, 0.2) is 30.3 Å². The molecule has 2 aromatic carbocycles. The number of fused-ring (bicyclic) bond motifs is 1. The van der Waals surface area contributed by atoms with Crippen molar-refractivity contribution in [2.45, 2.75) is 64.3 Å². The van der Waals surface area contributed by atoms with Gasteiger partial charge in [0.05, 0.1) is 50.3 Å². The van der Waals surface area contributed by atoms with Gasteiger partial charge in [-0.3, -0.25) is 9.80 Å². The lowest BCUT2D eigenvalue weighted by molar-refractivity contribution is -0.143. The standard InChI is InChI=1S/C27H30F6N2O6/c1-14(2)41-25(37)35-15(3)7-20(19-11-22(38-4)23(39-5)12-21(19)35)34(24(36)40-6)13-16-8-17(26(28,29)30)10-18(9-16)27(31,32)33/h8-12,14-15,20H,7,13H2,1-6H3/t15-,20+/m1/s1. The average Bonchev–Trinajstić information content (AvgIpc) is 2.88. The molecule has 0 saturated heterocycles. The Balaban J connectivity index is 2.20. The summed E-state index contributed by atoms with van der Waals surface area (Å²) in [6.45, 7) is 4.32. The number of carbonyl (C=O) groups is 2. The predicted molar refractivity (Wildman–Crippen MR) is 135 cm³/mol. The third-order valence-corrected chi connectivity index (χ3v) is 6.48. The molecule has 0 radical (unpaired) electrons. The molecule has 0 N–H and O–H groups in total. The lowest BCUT2D eigenvalue weighted by Gasteiger charge is -2.43. The molecule has 14 heteroatoms. The van der Waals surface area contributed by atoms with Gasteiger partial charge < -0.3 is 18.9 Å². The first-order chi connectivity index (χ1) is 19.0. The van der Waals surface area contributed by atoms with E-state index in [-0.39, 0.29) is 29.7 Å². The van der Waals surface area contributed by atoms with Crippen molar-refractivity contribution in [3.05, 3.63) is 52.6 Å². The molecule has 3 rings (SSSR count). The van der Waals surface area contributed by atoms with E-state index in [0.717, 1.165) is 12.0 Å². The van der Waals surface area contributed by atoms with Crippen molar-refractivity contribution < 1.29 is 54.9 Å². The zero-order valence-electron chi connectivity index (χ0n) is 23.1. The summed E-state index contributed by atoms with van der Waals surface area (Å²) in [5.74, 6) is 0.449. The van der Waals surface area contributed by atoms with Gasteiger partial charge in [-0.25, -0.2) is 9.59 Å². The number of nitrogens with zero attached hydrogens (tertiary/aromatic N) is 2. The minimum atomic E-state index is -5.07. The number of benzene rings is 2. The third-order valence-electron chi connectivity index (χ3n) is 6.48. The molecule has 0 fully saturated rings. The highest BCUT2D eigenvalue weighted by Gasteiger charge is 2.42. The SMILES string of the molecule is COC(=O)N(Cc1cc(C(F)(F)F)cc(C(F)(F)F)c1)[C@H]1C[C@@H](C)N(C(=O)OC(C)C)c2cc(OC)c(OC)cc21. The first-order valence-corrected chi connectivity index (χ1v) is 12.4. The molecule has 0 aromatic heterocycles. The fourth-order valence-electron chi connectivity index (χ4n) is 4.71. The van der Waals surface area contributed by atoms with E-state index in [1.807, 2.05) is 0 Å². The summed E-state index contributed by atoms with van der Waals surface area (Å²) in [5.41, 5.74) is -2.88. The van der Waals surface area contributed by atoms with Gasteiger partial charge in [0.25, 0.3) is 0 Å². The van der Waals surface area contributed by atoms with E-state index < -0.39 is 66.0 Å². The van der Waals surface area contributed by atoms with Crippen LogP contribution in [-0.4, -0.2) is 50.6 Å². The van der Waals surface area contributed by atoms with Crippen LogP contribution < -0.4 is 14.4 Å². The average molecular weight is 593 g/mol. The summed E-state index contributed by atoms with van der Waals surface area (Å²) < 4.78 is 102. The second-order valence-corrected chi connectivity index (χ2v) is 9.68. The minimum Gasteiger partial charge on any atom is -0.493 e.